The number of carbonyl (C=O) groups excluding carboxylic acids is 1. The van der Waals surface area contributed by atoms with Crippen molar-refractivity contribution in [2.75, 3.05) is 39.3 Å². The fourth-order valence-electron chi connectivity index (χ4n) is 2.12. The minimum atomic E-state index is -0.440. The zero-order valence-corrected chi connectivity index (χ0v) is 12.3. The predicted octanol–water partition coefficient (Wildman–Crippen LogP) is 0.806. The van der Waals surface area contributed by atoms with Gasteiger partial charge in [-0.2, -0.15) is 0 Å². The number of hydrogen-bond donors (Lipinski definition) is 1. The van der Waals surface area contributed by atoms with Crippen LogP contribution in [-0.4, -0.2) is 65.1 Å². The third kappa shape index (κ3) is 4.35. The molecule has 0 spiro atoms. The van der Waals surface area contributed by atoms with E-state index in [0.717, 1.165) is 24.4 Å². The molecule has 1 amide bonds. The van der Waals surface area contributed by atoms with Gasteiger partial charge in [-0.1, -0.05) is 11.3 Å². The second-order valence-electron chi connectivity index (χ2n) is 4.66. The first-order valence-electron chi connectivity index (χ1n) is 6.64. The first kappa shape index (κ1) is 15.6. The summed E-state index contributed by atoms with van der Waals surface area (Å²) in [5, 5.41) is 19.5. The molecule has 1 aromatic heterocycles. The first-order valence-corrected chi connectivity index (χ1v) is 7.46. The molecule has 0 unspecified atom stereocenters. The molecule has 0 radical (unpaired) electrons. The maximum atomic E-state index is 12.0. The van der Waals surface area contributed by atoms with Crippen LogP contribution in [0.15, 0.2) is 18.2 Å². The Balaban J connectivity index is 1.86. The van der Waals surface area contributed by atoms with Gasteiger partial charge in [-0.3, -0.25) is 19.8 Å². The largest absolute Gasteiger partial charge is 0.395 e. The van der Waals surface area contributed by atoms with E-state index < -0.39 is 4.92 Å². The number of carbonyl (C=O) groups is 1. The molecule has 2 heterocycles. The topological polar surface area (TPSA) is 86.9 Å². The van der Waals surface area contributed by atoms with E-state index in [0.29, 0.717) is 24.5 Å². The lowest BCUT2D eigenvalue weighted by atomic mass is 10.3. The maximum Gasteiger partial charge on any atom is 0.324 e. The number of aliphatic hydroxyl groups excluding tert-OH is 1. The molecular formula is C13H17N3O4S. The summed E-state index contributed by atoms with van der Waals surface area (Å²) in [6.07, 6.45) is 3.07. The minimum absolute atomic E-state index is 0.0692. The number of aliphatic hydroxyl groups is 1. The van der Waals surface area contributed by atoms with Crippen molar-refractivity contribution in [2.24, 2.45) is 0 Å². The first-order chi connectivity index (χ1) is 10.1. The van der Waals surface area contributed by atoms with Crippen LogP contribution < -0.4 is 0 Å². The van der Waals surface area contributed by atoms with E-state index in [9.17, 15) is 14.9 Å². The van der Waals surface area contributed by atoms with E-state index in [1.54, 1.807) is 17.0 Å². The number of thiophene rings is 1. The lowest BCUT2D eigenvalue weighted by molar-refractivity contribution is -0.380. The van der Waals surface area contributed by atoms with Crippen LogP contribution in [0.4, 0.5) is 5.00 Å². The van der Waals surface area contributed by atoms with Crippen LogP contribution in [0.2, 0.25) is 0 Å². The smallest absolute Gasteiger partial charge is 0.324 e. The number of rotatable bonds is 5. The van der Waals surface area contributed by atoms with E-state index in [2.05, 4.69) is 4.90 Å². The summed E-state index contributed by atoms with van der Waals surface area (Å²) in [4.78, 5) is 26.7. The molecule has 0 aliphatic carbocycles. The zero-order valence-electron chi connectivity index (χ0n) is 11.5. The van der Waals surface area contributed by atoms with Crippen molar-refractivity contribution in [2.45, 2.75) is 0 Å². The van der Waals surface area contributed by atoms with Gasteiger partial charge >= 0.3 is 5.00 Å². The van der Waals surface area contributed by atoms with Crippen LogP contribution >= 0.6 is 11.3 Å². The van der Waals surface area contributed by atoms with Gasteiger partial charge in [0.1, 0.15) is 0 Å². The van der Waals surface area contributed by atoms with Crippen LogP contribution in [0, 0.1) is 10.1 Å². The van der Waals surface area contributed by atoms with Gasteiger partial charge in [0.25, 0.3) is 0 Å². The van der Waals surface area contributed by atoms with Gasteiger partial charge < -0.3 is 10.0 Å². The SMILES string of the molecule is O=C(/C=C/c1ccc([N+](=O)[O-])s1)N1CCN(CCO)CC1. The summed E-state index contributed by atoms with van der Waals surface area (Å²) in [5.41, 5.74) is 0. The number of piperazine rings is 1. The van der Waals surface area contributed by atoms with Gasteiger partial charge in [-0.15, -0.1) is 0 Å². The zero-order chi connectivity index (χ0) is 15.2. The van der Waals surface area contributed by atoms with Crippen molar-refractivity contribution in [3.63, 3.8) is 0 Å². The molecule has 1 saturated heterocycles. The molecule has 0 saturated carbocycles. The van der Waals surface area contributed by atoms with Crippen LogP contribution in [0.1, 0.15) is 4.88 Å². The second-order valence-corrected chi connectivity index (χ2v) is 5.75. The Labute approximate surface area is 126 Å². The van der Waals surface area contributed by atoms with E-state index in [1.165, 1.54) is 12.1 Å². The highest BCUT2D eigenvalue weighted by Gasteiger charge is 2.19. The Morgan fingerprint density at radius 1 is 1.38 bits per heavy atom. The van der Waals surface area contributed by atoms with Crippen molar-refractivity contribution in [1.29, 1.82) is 0 Å². The summed E-state index contributed by atoms with van der Waals surface area (Å²) in [7, 11) is 0. The van der Waals surface area contributed by atoms with Crippen molar-refractivity contribution in [3.05, 3.63) is 33.2 Å². The van der Waals surface area contributed by atoms with Gasteiger partial charge in [0.2, 0.25) is 5.91 Å². The summed E-state index contributed by atoms with van der Waals surface area (Å²) in [6.45, 7) is 3.54. The molecule has 1 N–H and O–H groups in total. The molecule has 1 aromatic rings. The van der Waals surface area contributed by atoms with Crippen molar-refractivity contribution < 1.29 is 14.8 Å². The lowest BCUT2D eigenvalue weighted by Crippen LogP contribution is -2.48. The van der Waals surface area contributed by atoms with Gasteiger partial charge in [-0.25, -0.2) is 0 Å². The molecule has 1 fully saturated rings. The average molecular weight is 311 g/mol. The molecular weight excluding hydrogens is 294 g/mol. The van der Waals surface area contributed by atoms with Crippen LogP contribution in [0.25, 0.3) is 6.08 Å². The van der Waals surface area contributed by atoms with E-state index >= 15 is 0 Å². The van der Waals surface area contributed by atoms with Gasteiger partial charge in [0, 0.05) is 49.7 Å². The Bertz CT molecular complexity index is 535. The number of amides is 1. The minimum Gasteiger partial charge on any atom is -0.395 e. The third-order valence-corrected chi connectivity index (χ3v) is 4.29. The summed E-state index contributed by atoms with van der Waals surface area (Å²) >= 11 is 1.04. The lowest BCUT2D eigenvalue weighted by Gasteiger charge is -2.33. The Morgan fingerprint density at radius 2 is 2.10 bits per heavy atom. The highest BCUT2D eigenvalue weighted by Crippen LogP contribution is 2.24. The average Bonchev–Trinajstić information content (AvgIpc) is 2.95. The molecule has 21 heavy (non-hydrogen) atoms. The van der Waals surface area contributed by atoms with Crippen LogP contribution in [0.3, 0.4) is 0 Å². The fourth-order valence-corrected chi connectivity index (χ4v) is 2.85. The normalized spacial score (nSPS) is 16.5. The van der Waals surface area contributed by atoms with Crippen molar-refractivity contribution >= 4 is 28.3 Å². The molecule has 1 aliphatic rings. The van der Waals surface area contributed by atoms with Gasteiger partial charge in [-0.05, 0) is 12.1 Å². The molecule has 0 aromatic carbocycles. The van der Waals surface area contributed by atoms with Gasteiger partial charge in [0.05, 0.1) is 11.5 Å². The summed E-state index contributed by atoms with van der Waals surface area (Å²) < 4.78 is 0. The van der Waals surface area contributed by atoms with Crippen molar-refractivity contribution in [3.8, 4) is 0 Å². The molecule has 0 bridgehead atoms. The van der Waals surface area contributed by atoms with Gasteiger partial charge in [0.15, 0.2) is 0 Å². The molecule has 2 rings (SSSR count). The number of nitro groups is 1. The highest BCUT2D eigenvalue weighted by atomic mass is 32.1. The van der Waals surface area contributed by atoms with E-state index in [-0.39, 0.29) is 17.5 Å². The number of β-amino-alcohol motifs (C(OH)–C–C–N with tert-alkyl or cyclic N) is 1. The molecule has 8 heteroatoms. The monoisotopic (exact) mass is 311 g/mol. The maximum absolute atomic E-state index is 12.0. The Morgan fingerprint density at radius 3 is 2.67 bits per heavy atom. The van der Waals surface area contributed by atoms with Crippen molar-refractivity contribution in [1.82, 2.24) is 9.80 Å². The summed E-state index contributed by atoms with van der Waals surface area (Å²) in [6, 6.07) is 3.06. The quantitative estimate of drug-likeness (QED) is 0.494. The third-order valence-electron chi connectivity index (χ3n) is 3.28. The predicted molar refractivity (Wildman–Crippen MR) is 80.1 cm³/mol. The van der Waals surface area contributed by atoms with E-state index in [4.69, 9.17) is 5.11 Å². The molecule has 114 valence electrons. The Hall–Kier alpha value is -1.77. The fraction of sp³-hybridized carbons (Fsp3) is 0.462. The standard InChI is InChI=1S/C13H17N3O4S/c17-10-9-14-5-7-15(8-6-14)12(18)3-1-11-2-4-13(21-11)16(19)20/h1-4,17H,5-10H2/b3-1+. The summed E-state index contributed by atoms with van der Waals surface area (Å²) in [5.74, 6) is -0.0882. The van der Waals surface area contributed by atoms with E-state index in [1.807, 2.05) is 0 Å². The molecule has 7 nitrogen and oxygen atoms in total. The highest BCUT2D eigenvalue weighted by molar-refractivity contribution is 7.16. The van der Waals surface area contributed by atoms with Crippen LogP contribution in [0.5, 0.6) is 0 Å². The molecule has 1 aliphatic heterocycles. The van der Waals surface area contributed by atoms with Crippen LogP contribution in [-0.2, 0) is 4.79 Å². The number of hydrogen-bond acceptors (Lipinski definition) is 6. The Kier molecular flexibility index (Phi) is 5.43. The second kappa shape index (κ2) is 7.30. The number of nitrogens with zero attached hydrogens (tertiary/aromatic N) is 3. The molecule has 0 atom stereocenters.